The molecule has 0 spiro atoms. The third-order valence-electron chi connectivity index (χ3n) is 4.10. The molecule has 0 aliphatic carbocycles. The van der Waals surface area contributed by atoms with Gasteiger partial charge in [0.05, 0.1) is 26.5 Å². The maximum atomic E-state index is 14.2. The molecule has 0 unspecified atom stereocenters. The molecule has 0 N–H and O–H groups in total. The average Bonchev–Trinajstić information content (AvgIpc) is 2.71. The molecule has 0 radical (unpaired) electrons. The van der Waals surface area contributed by atoms with Gasteiger partial charge in [0.25, 0.3) is 0 Å². The quantitative estimate of drug-likeness (QED) is 0.702. The number of amides is 1. The van der Waals surface area contributed by atoms with Crippen LogP contribution in [0.1, 0.15) is 5.56 Å². The van der Waals surface area contributed by atoms with E-state index in [9.17, 15) is 9.18 Å². The number of carbonyl (C=O) groups excluding carboxylic acids is 1. The highest BCUT2D eigenvalue weighted by atomic mass is 35.5. The van der Waals surface area contributed by atoms with Crippen LogP contribution in [0.15, 0.2) is 30.3 Å². The van der Waals surface area contributed by atoms with Gasteiger partial charge in [-0.05, 0) is 17.7 Å². The second-order valence-electron chi connectivity index (χ2n) is 5.76. The Balaban J connectivity index is 1.96. The molecule has 8 heteroatoms. The zero-order chi connectivity index (χ0) is 19.4. The first-order chi connectivity index (χ1) is 13.1. The monoisotopic (exact) mass is 395 g/mol. The topological polar surface area (TPSA) is 57.2 Å². The van der Waals surface area contributed by atoms with Crippen LogP contribution in [0, 0.1) is 5.82 Å². The van der Waals surface area contributed by atoms with Crippen LogP contribution in [0.3, 0.4) is 0 Å². The highest BCUT2D eigenvalue weighted by Crippen LogP contribution is 2.35. The van der Waals surface area contributed by atoms with Gasteiger partial charge in [0, 0.05) is 12.1 Å². The van der Waals surface area contributed by atoms with Crippen LogP contribution >= 0.6 is 11.6 Å². The van der Waals surface area contributed by atoms with Crippen molar-refractivity contribution in [3.63, 3.8) is 0 Å². The zero-order valence-corrected chi connectivity index (χ0v) is 15.7. The molecule has 0 aromatic heterocycles. The van der Waals surface area contributed by atoms with E-state index in [2.05, 4.69) is 0 Å². The molecule has 1 aliphatic rings. The van der Waals surface area contributed by atoms with Crippen LogP contribution in [0.2, 0.25) is 0 Å². The summed E-state index contributed by atoms with van der Waals surface area (Å²) in [5.41, 5.74) is 1.21. The number of rotatable bonds is 6. The summed E-state index contributed by atoms with van der Waals surface area (Å²) in [4.78, 5) is 13.9. The van der Waals surface area contributed by atoms with E-state index in [0.717, 1.165) is 5.56 Å². The van der Waals surface area contributed by atoms with Gasteiger partial charge in [0.1, 0.15) is 19.1 Å². The molecule has 2 aromatic rings. The van der Waals surface area contributed by atoms with E-state index in [1.807, 2.05) is 6.07 Å². The zero-order valence-electron chi connectivity index (χ0n) is 15.0. The molecule has 3 rings (SSSR count). The first-order valence-corrected chi connectivity index (χ1v) is 8.77. The van der Waals surface area contributed by atoms with E-state index in [1.165, 1.54) is 31.3 Å². The second kappa shape index (κ2) is 8.35. The van der Waals surface area contributed by atoms with Crippen LogP contribution in [0.5, 0.6) is 23.0 Å². The molecule has 1 heterocycles. The number of hydrogen-bond acceptors (Lipinski definition) is 5. The predicted octanol–water partition coefficient (Wildman–Crippen LogP) is 3.39. The fourth-order valence-corrected chi connectivity index (χ4v) is 2.92. The summed E-state index contributed by atoms with van der Waals surface area (Å²) in [7, 11) is 2.69. The van der Waals surface area contributed by atoms with Crippen LogP contribution < -0.4 is 23.8 Å². The number of methoxy groups -OCH3 is 2. The highest BCUT2D eigenvalue weighted by molar-refractivity contribution is 6.29. The number of alkyl halides is 1. The number of carbonyl (C=O) groups is 1. The lowest BCUT2D eigenvalue weighted by molar-refractivity contribution is -0.116. The van der Waals surface area contributed by atoms with Gasteiger partial charge in [-0.1, -0.05) is 6.07 Å². The van der Waals surface area contributed by atoms with Crippen molar-refractivity contribution < 1.29 is 28.1 Å². The number of halogens is 2. The third kappa shape index (κ3) is 4.03. The van der Waals surface area contributed by atoms with E-state index < -0.39 is 5.82 Å². The number of nitrogens with zero attached hydrogens (tertiary/aromatic N) is 1. The number of fused-ring (bicyclic) bond motifs is 1. The Hall–Kier alpha value is -2.67. The molecular weight excluding hydrogens is 377 g/mol. The Morgan fingerprint density at radius 3 is 2.33 bits per heavy atom. The average molecular weight is 396 g/mol. The van der Waals surface area contributed by atoms with Crippen molar-refractivity contribution in [1.29, 1.82) is 0 Å². The lowest BCUT2D eigenvalue weighted by Gasteiger charge is -2.25. The Kier molecular flexibility index (Phi) is 5.91. The van der Waals surface area contributed by atoms with Gasteiger partial charge in [-0.3, -0.25) is 4.79 Å². The van der Waals surface area contributed by atoms with Crippen LogP contribution in [0.4, 0.5) is 10.1 Å². The summed E-state index contributed by atoms with van der Waals surface area (Å²) in [6.45, 7) is 1.17. The first-order valence-electron chi connectivity index (χ1n) is 8.23. The number of hydrogen-bond donors (Lipinski definition) is 0. The fraction of sp³-hybridized carbons (Fsp3) is 0.316. The minimum absolute atomic E-state index is 0.0288. The van der Waals surface area contributed by atoms with Crippen LogP contribution in [-0.2, 0) is 11.3 Å². The molecule has 1 aliphatic heterocycles. The number of anilines is 1. The molecule has 0 atom stereocenters. The summed E-state index contributed by atoms with van der Waals surface area (Å²) in [6.07, 6.45) is 0. The Labute approximate surface area is 161 Å². The van der Waals surface area contributed by atoms with E-state index in [4.69, 9.17) is 30.5 Å². The summed E-state index contributed by atoms with van der Waals surface area (Å²) < 4.78 is 35.4. The first kappa shape index (κ1) is 19.1. The van der Waals surface area contributed by atoms with Crippen LogP contribution in [-0.4, -0.2) is 39.2 Å². The van der Waals surface area contributed by atoms with Gasteiger partial charge in [-0.2, -0.15) is 4.39 Å². The minimum Gasteiger partial charge on any atom is -0.493 e. The SMILES string of the molecule is COc1cc(N(Cc2ccc3c(c2)OCCO3)C(=O)CCl)cc(OC)c1F. The summed E-state index contributed by atoms with van der Waals surface area (Å²) in [5, 5.41) is 0. The van der Waals surface area contributed by atoms with Crippen molar-refractivity contribution in [3.05, 3.63) is 41.7 Å². The Bertz CT molecular complexity index is 820. The van der Waals surface area contributed by atoms with Gasteiger partial charge in [0.2, 0.25) is 11.7 Å². The highest BCUT2D eigenvalue weighted by Gasteiger charge is 2.21. The van der Waals surface area contributed by atoms with Crippen molar-refractivity contribution in [3.8, 4) is 23.0 Å². The molecule has 0 saturated heterocycles. The normalized spacial score (nSPS) is 12.4. The lowest BCUT2D eigenvalue weighted by Crippen LogP contribution is -2.31. The van der Waals surface area contributed by atoms with E-state index in [0.29, 0.717) is 30.4 Å². The summed E-state index contributed by atoms with van der Waals surface area (Å²) in [6, 6.07) is 8.29. The molecule has 2 aromatic carbocycles. The molecule has 27 heavy (non-hydrogen) atoms. The maximum Gasteiger partial charge on any atom is 0.242 e. The summed E-state index contributed by atoms with van der Waals surface area (Å²) in [5.74, 6) is 0.00470. The molecule has 0 fully saturated rings. The van der Waals surface area contributed by atoms with Crippen molar-refractivity contribution >= 4 is 23.2 Å². The van der Waals surface area contributed by atoms with Gasteiger partial charge >= 0.3 is 0 Å². The predicted molar refractivity (Wildman–Crippen MR) is 98.8 cm³/mol. The van der Waals surface area contributed by atoms with Crippen molar-refractivity contribution in [1.82, 2.24) is 0 Å². The van der Waals surface area contributed by atoms with Gasteiger partial charge < -0.3 is 23.8 Å². The minimum atomic E-state index is -0.638. The van der Waals surface area contributed by atoms with E-state index in [1.54, 1.807) is 12.1 Å². The smallest absolute Gasteiger partial charge is 0.242 e. The maximum absolute atomic E-state index is 14.2. The molecule has 1 amide bonds. The fourth-order valence-electron chi connectivity index (χ4n) is 2.78. The molecule has 6 nitrogen and oxygen atoms in total. The summed E-state index contributed by atoms with van der Waals surface area (Å²) >= 11 is 5.78. The van der Waals surface area contributed by atoms with E-state index >= 15 is 0 Å². The number of ether oxygens (including phenoxy) is 4. The largest absolute Gasteiger partial charge is 0.493 e. The Morgan fingerprint density at radius 2 is 1.74 bits per heavy atom. The Morgan fingerprint density at radius 1 is 1.11 bits per heavy atom. The molecule has 0 bridgehead atoms. The molecule has 0 saturated carbocycles. The number of benzene rings is 2. The standard InChI is InChI=1S/C19H19ClFNO5/c1-24-16-8-13(9-17(25-2)19(16)21)22(18(23)10-20)11-12-3-4-14-15(7-12)27-6-5-26-14/h3-4,7-9H,5-6,10-11H2,1-2H3. The molecule has 144 valence electrons. The van der Waals surface area contributed by atoms with Crippen molar-refractivity contribution in [2.24, 2.45) is 0 Å². The van der Waals surface area contributed by atoms with Gasteiger partial charge in [-0.25, -0.2) is 0 Å². The van der Waals surface area contributed by atoms with Gasteiger partial charge in [-0.15, -0.1) is 11.6 Å². The lowest BCUT2D eigenvalue weighted by atomic mass is 10.1. The van der Waals surface area contributed by atoms with Crippen molar-refractivity contribution in [2.45, 2.75) is 6.54 Å². The van der Waals surface area contributed by atoms with E-state index in [-0.39, 0.29) is 29.8 Å². The second-order valence-corrected chi connectivity index (χ2v) is 6.02. The van der Waals surface area contributed by atoms with Crippen LogP contribution in [0.25, 0.3) is 0 Å². The van der Waals surface area contributed by atoms with Crippen molar-refractivity contribution in [2.75, 3.05) is 38.2 Å². The molecular formula is C19H19ClFNO5. The van der Waals surface area contributed by atoms with Gasteiger partial charge in [0.15, 0.2) is 23.0 Å². The third-order valence-corrected chi connectivity index (χ3v) is 4.33.